The summed E-state index contributed by atoms with van der Waals surface area (Å²) in [5.41, 5.74) is 3.72. The molecule has 0 radical (unpaired) electrons. The van der Waals surface area contributed by atoms with Gasteiger partial charge in [-0.2, -0.15) is 0 Å². The lowest BCUT2D eigenvalue weighted by Crippen LogP contribution is -2.40. The number of hydrogen-bond acceptors (Lipinski definition) is 2. The highest BCUT2D eigenvalue weighted by molar-refractivity contribution is 9.10. The van der Waals surface area contributed by atoms with Crippen LogP contribution in [0.2, 0.25) is 0 Å². The number of hydrogen-bond donors (Lipinski definition) is 0. The van der Waals surface area contributed by atoms with E-state index < -0.39 is 0 Å². The number of nitrogens with zero attached hydrogens (tertiary/aromatic N) is 1. The number of halogens is 1. The van der Waals surface area contributed by atoms with Crippen molar-refractivity contribution in [3.05, 3.63) is 58.6 Å². The standard InChI is InChI=1S/C18H18BrNOS/c19-17-7-5-16(6-8-17)15-3-1-14(2-4-15)13-18(22)20-9-11-21-12-10-20/h1-8H,9-13H2. The van der Waals surface area contributed by atoms with Crippen molar-refractivity contribution in [2.75, 3.05) is 26.3 Å². The first-order valence-electron chi connectivity index (χ1n) is 7.43. The van der Waals surface area contributed by atoms with Crippen molar-refractivity contribution in [3.8, 4) is 11.1 Å². The Kier molecular flexibility index (Phi) is 5.24. The lowest BCUT2D eigenvalue weighted by molar-refractivity contribution is 0.0685. The summed E-state index contributed by atoms with van der Waals surface area (Å²) in [6, 6.07) is 17.1. The summed E-state index contributed by atoms with van der Waals surface area (Å²) in [5, 5.41) is 0. The highest BCUT2D eigenvalue weighted by Crippen LogP contribution is 2.22. The van der Waals surface area contributed by atoms with E-state index in [1.54, 1.807) is 0 Å². The van der Waals surface area contributed by atoms with Gasteiger partial charge in [0.15, 0.2) is 0 Å². The van der Waals surface area contributed by atoms with Gasteiger partial charge in [-0.3, -0.25) is 0 Å². The predicted octanol–water partition coefficient (Wildman–Crippen LogP) is 4.32. The van der Waals surface area contributed by atoms with Gasteiger partial charge in [0, 0.05) is 24.0 Å². The van der Waals surface area contributed by atoms with Crippen LogP contribution < -0.4 is 0 Å². The average molecular weight is 376 g/mol. The second kappa shape index (κ2) is 7.36. The normalized spacial score (nSPS) is 14.9. The number of rotatable bonds is 3. The molecule has 0 N–H and O–H groups in total. The summed E-state index contributed by atoms with van der Waals surface area (Å²) in [6.45, 7) is 3.39. The van der Waals surface area contributed by atoms with Crippen LogP contribution in [0.5, 0.6) is 0 Å². The molecule has 1 fully saturated rings. The largest absolute Gasteiger partial charge is 0.378 e. The first-order valence-corrected chi connectivity index (χ1v) is 8.63. The van der Waals surface area contributed by atoms with Crippen molar-refractivity contribution in [1.82, 2.24) is 4.90 Å². The maximum Gasteiger partial charge on any atom is 0.0825 e. The number of ether oxygens (including phenoxy) is 1. The molecule has 1 aliphatic rings. The van der Waals surface area contributed by atoms with Crippen molar-refractivity contribution >= 4 is 33.1 Å². The lowest BCUT2D eigenvalue weighted by Gasteiger charge is -2.29. The monoisotopic (exact) mass is 375 g/mol. The third kappa shape index (κ3) is 3.94. The van der Waals surface area contributed by atoms with E-state index in [-0.39, 0.29) is 0 Å². The van der Waals surface area contributed by atoms with E-state index in [1.807, 2.05) is 0 Å². The van der Waals surface area contributed by atoms with Gasteiger partial charge in [0.25, 0.3) is 0 Å². The van der Waals surface area contributed by atoms with E-state index >= 15 is 0 Å². The zero-order chi connectivity index (χ0) is 15.4. The third-order valence-electron chi connectivity index (χ3n) is 3.85. The molecule has 22 heavy (non-hydrogen) atoms. The van der Waals surface area contributed by atoms with Gasteiger partial charge in [-0.1, -0.05) is 64.5 Å². The van der Waals surface area contributed by atoms with E-state index in [0.29, 0.717) is 0 Å². The summed E-state index contributed by atoms with van der Waals surface area (Å²) in [6.07, 6.45) is 0.829. The molecule has 2 nitrogen and oxygen atoms in total. The fourth-order valence-electron chi connectivity index (χ4n) is 2.56. The van der Waals surface area contributed by atoms with Crippen LogP contribution in [0.15, 0.2) is 53.0 Å². The van der Waals surface area contributed by atoms with Crippen molar-refractivity contribution in [1.29, 1.82) is 0 Å². The molecule has 1 aliphatic heterocycles. The summed E-state index contributed by atoms with van der Waals surface area (Å²) in [4.78, 5) is 3.27. The number of morpholine rings is 1. The van der Waals surface area contributed by atoms with Gasteiger partial charge in [-0.05, 0) is 28.8 Å². The SMILES string of the molecule is S=C(Cc1ccc(-c2ccc(Br)cc2)cc1)N1CCOCC1. The molecule has 0 aliphatic carbocycles. The van der Waals surface area contributed by atoms with Crippen molar-refractivity contribution in [2.24, 2.45) is 0 Å². The molecule has 3 rings (SSSR count). The van der Waals surface area contributed by atoms with Crippen LogP contribution in [0.1, 0.15) is 5.56 Å². The highest BCUT2D eigenvalue weighted by atomic mass is 79.9. The fraction of sp³-hybridized carbons (Fsp3) is 0.278. The average Bonchev–Trinajstić information content (AvgIpc) is 2.57. The van der Waals surface area contributed by atoms with Gasteiger partial charge in [0.05, 0.1) is 18.2 Å². The maximum atomic E-state index is 5.56. The minimum absolute atomic E-state index is 0.780. The molecule has 0 spiro atoms. The van der Waals surface area contributed by atoms with Gasteiger partial charge in [-0.25, -0.2) is 0 Å². The Balaban J connectivity index is 1.66. The molecule has 2 aromatic carbocycles. The topological polar surface area (TPSA) is 12.5 Å². The molecular weight excluding hydrogens is 358 g/mol. The Hall–Kier alpha value is -1.23. The molecule has 0 saturated carbocycles. The first-order chi connectivity index (χ1) is 10.7. The van der Waals surface area contributed by atoms with Gasteiger partial charge < -0.3 is 9.64 Å². The van der Waals surface area contributed by atoms with Crippen LogP contribution in [0, 0.1) is 0 Å². The highest BCUT2D eigenvalue weighted by Gasteiger charge is 2.13. The van der Waals surface area contributed by atoms with E-state index in [9.17, 15) is 0 Å². The van der Waals surface area contributed by atoms with E-state index in [0.717, 1.165) is 42.2 Å². The molecule has 0 bridgehead atoms. The Morgan fingerprint density at radius 2 is 1.50 bits per heavy atom. The summed E-state index contributed by atoms with van der Waals surface area (Å²) >= 11 is 9.03. The number of thiocarbonyl (C=S) groups is 1. The lowest BCUT2D eigenvalue weighted by atomic mass is 10.0. The van der Waals surface area contributed by atoms with Crippen LogP contribution in [-0.2, 0) is 11.2 Å². The molecule has 0 amide bonds. The minimum atomic E-state index is 0.780. The van der Waals surface area contributed by atoms with Gasteiger partial charge in [0.2, 0.25) is 0 Å². The molecule has 0 atom stereocenters. The smallest absolute Gasteiger partial charge is 0.0825 e. The molecule has 4 heteroatoms. The molecule has 0 unspecified atom stereocenters. The summed E-state index contributed by atoms with van der Waals surface area (Å²) < 4.78 is 6.47. The van der Waals surface area contributed by atoms with Gasteiger partial charge in [0.1, 0.15) is 0 Å². The third-order valence-corrected chi connectivity index (χ3v) is 4.78. The molecule has 2 aromatic rings. The van der Waals surface area contributed by atoms with Crippen LogP contribution in [0.25, 0.3) is 11.1 Å². The maximum absolute atomic E-state index is 5.56. The van der Waals surface area contributed by atoms with Crippen LogP contribution >= 0.6 is 28.1 Å². The van der Waals surface area contributed by atoms with E-state index in [1.165, 1.54) is 16.7 Å². The quantitative estimate of drug-likeness (QED) is 0.741. The zero-order valence-corrected chi connectivity index (χ0v) is 14.7. The zero-order valence-electron chi connectivity index (χ0n) is 12.3. The molecule has 1 saturated heterocycles. The Morgan fingerprint density at radius 1 is 0.955 bits per heavy atom. The second-order valence-electron chi connectivity index (χ2n) is 5.37. The second-order valence-corrected chi connectivity index (χ2v) is 6.76. The first kappa shape index (κ1) is 15.7. The fourth-order valence-corrected chi connectivity index (χ4v) is 3.17. The molecular formula is C18H18BrNOS. The van der Waals surface area contributed by atoms with Crippen molar-refractivity contribution < 1.29 is 4.74 Å². The Bertz CT molecular complexity index is 633. The van der Waals surface area contributed by atoms with Crippen LogP contribution in [0.3, 0.4) is 0 Å². The summed E-state index contributed by atoms with van der Waals surface area (Å²) in [5.74, 6) is 0. The van der Waals surface area contributed by atoms with Crippen molar-refractivity contribution in [2.45, 2.75) is 6.42 Å². The van der Waals surface area contributed by atoms with Gasteiger partial charge in [-0.15, -0.1) is 0 Å². The van der Waals surface area contributed by atoms with E-state index in [4.69, 9.17) is 17.0 Å². The Labute approximate surface area is 145 Å². The molecule has 1 heterocycles. The summed E-state index contributed by atoms with van der Waals surface area (Å²) in [7, 11) is 0. The molecule has 114 valence electrons. The van der Waals surface area contributed by atoms with Crippen LogP contribution in [-0.4, -0.2) is 36.2 Å². The van der Waals surface area contributed by atoms with Crippen LogP contribution in [0.4, 0.5) is 0 Å². The Morgan fingerprint density at radius 3 is 2.09 bits per heavy atom. The van der Waals surface area contributed by atoms with Gasteiger partial charge >= 0.3 is 0 Å². The van der Waals surface area contributed by atoms with E-state index in [2.05, 4.69) is 69.4 Å². The molecule has 0 aromatic heterocycles. The van der Waals surface area contributed by atoms with Crippen molar-refractivity contribution in [3.63, 3.8) is 0 Å². The number of benzene rings is 2. The minimum Gasteiger partial charge on any atom is -0.378 e. The predicted molar refractivity (Wildman–Crippen MR) is 98.3 cm³/mol.